The quantitative estimate of drug-likeness (QED) is 0.828. The van der Waals surface area contributed by atoms with E-state index in [1.165, 1.54) is 7.11 Å². The second kappa shape index (κ2) is 5.57. The van der Waals surface area contributed by atoms with Crippen LogP contribution in [-0.2, 0) is 14.3 Å². The van der Waals surface area contributed by atoms with Crippen LogP contribution in [-0.4, -0.2) is 19.9 Å². The van der Waals surface area contributed by atoms with Gasteiger partial charge < -0.3 is 24.7 Å². The van der Waals surface area contributed by atoms with Crippen molar-refractivity contribution in [3.8, 4) is 17.6 Å². The van der Waals surface area contributed by atoms with Gasteiger partial charge in [-0.15, -0.1) is 0 Å². The number of rotatable bonds is 2. The van der Waals surface area contributed by atoms with Gasteiger partial charge in [-0.1, -0.05) is 6.07 Å². The number of nitriles is 1. The van der Waals surface area contributed by atoms with Crippen LogP contribution in [0.5, 0.6) is 11.5 Å². The van der Waals surface area contributed by atoms with Gasteiger partial charge in [0.05, 0.1) is 18.6 Å². The highest BCUT2D eigenvalue weighted by Gasteiger charge is 2.36. The van der Waals surface area contributed by atoms with Crippen LogP contribution in [0.1, 0.15) is 18.4 Å². The summed E-state index contributed by atoms with van der Waals surface area (Å²) in [4.78, 5) is 12.2. The molecule has 0 aromatic heterocycles. The van der Waals surface area contributed by atoms with Crippen LogP contribution in [0.2, 0.25) is 0 Å². The van der Waals surface area contributed by atoms with Gasteiger partial charge >= 0.3 is 5.97 Å². The van der Waals surface area contributed by atoms with Crippen molar-refractivity contribution in [3.05, 3.63) is 46.6 Å². The zero-order valence-corrected chi connectivity index (χ0v) is 12.6. The third-order valence-corrected chi connectivity index (χ3v) is 3.74. The Labute approximate surface area is 132 Å². The number of benzene rings is 1. The van der Waals surface area contributed by atoms with Crippen molar-refractivity contribution in [1.29, 1.82) is 5.26 Å². The smallest absolute Gasteiger partial charge is 0.338 e. The third-order valence-electron chi connectivity index (χ3n) is 3.74. The molecule has 1 aromatic carbocycles. The first-order valence-electron chi connectivity index (χ1n) is 6.83. The van der Waals surface area contributed by atoms with Crippen molar-refractivity contribution in [3.63, 3.8) is 0 Å². The van der Waals surface area contributed by atoms with E-state index in [1.807, 2.05) is 6.07 Å². The van der Waals surface area contributed by atoms with Gasteiger partial charge in [0.1, 0.15) is 17.4 Å². The van der Waals surface area contributed by atoms with E-state index in [1.54, 1.807) is 25.1 Å². The molecule has 2 aliphatic rings. The van der Waals surface area contributed by atoms with Crippen LogP contribution in [0.4, 0.5) is 0 Å². The molecule has 0 spiro atoms. The Kier molecular flexibility index (Phi) is 3.58. The fourth-order valence-corrected chi connectivity index (χ4v) is 2.68. The number of nitrogens with zero attached hydrogens (tertiary/aromatic N) is 1. The lowest BCUT2D eigenvalue weighted by Gasteiger charge is -2.26. The van der Waals surface area contributed by atoms with Crippen LogP contribution < -0.4 is 15.2 Å². The van der Waals surface area contributed by atoms with Gasteiger partial charge in [-0.2, -0.15) is 5.26 Å². The molecule has 0 fully saturated rings. The zero-order valence-electron chi connectivity index (χ0n) is 12.6. The molecule has 1 unspecified atom stereocenters. The fourth-order valence-electron chi connectivity index (χ4n) is 2.68. The topological polar surface area (TPSA) is 104 Å². The summed E-state index contributed by atoms with van der Waals surface area (Å²) in [5.41, 5.74) is 6.86. The molecule has 2 heterocycles. The lowest BCUT2D eigenvalue weighted by Crippen LogP contribution is -2.25. The zero-order chi connectivity index (χ0) is 16.6. The molecule has 0 radical (unpaired) electrons. The Hall–Kier alpha value is -3.14. The number of esters is 1. The second-order valence-electron chi connectivity index (χ2n) is 5.00. The fraction of sp³-hybridized carbons (Fsp3) is 0.250. The van der Waals surface area contributed by atoms with Gasteiger partial charge in [-0.3, -0.25) is 0 Å². The molecule has 2 aliphatic heterocycles. The summed E-state index contributed by atoms with van der Waals surface area (Å²) in [7, 11) is 1.27. The highest BCUT2D eigenvalue weighted by atomic mass is 16.7. The Bertz CT molecular complexity index is 788. The van der Waals surface area contributed by atoms with Crippen molar-refractivity contribution in [1.82, 2.24) is 0 Å². The Morgan fingerprint density at radius 1 is 1.39 bits per heavy atom. The van der Waals surface area contributed by atoms with Crippen molar-refractivity contribution in [2.75, 3.05) is 13.9 Å². The van der Waals surface area contributed by atoms with E-state index in [2.05, 4.69) is 0 Å². The highest BCUT2D eigenvalue weighted by Crippen LogP contribution is 2.42. The summed E-state index contributed by atoms with van der Waals surface area (Å²) >= 11 is 0. The molecule has 0 amide bonds. The maximum absolute atomic E-state index is 12.2. The number of hydrogen-bond donors (Lipinski definition) is 1. The average molecular weight is 314 g/mol. The number of ether oxygens (including phenoxy) is 4. The normalized spacial score (nSPS) is 19.3. The van der Waals surface area contributed by atoms with E-state index < -0.39 is 11.9 Å². The van der Waals surface area contributed by atoms with E-state index >= 15 is 0 Å². The maximum Gasteiger partial charge on any atom is 0.338 e. The molecule has 7 heteroatoms. The van der Waals surface area contributed by atoms with Gasteiger partial charge in [0.15, 0.2) is 11.5 Å². The minimum Gasteiger partial charge on any atom is -0.466 e. The summed E-state index contributed by atoms with van der Waals surface area (Å²) < 4.78 is 20.8. The molecule has 0 aliphatic carbocycles. The number of carbonyl (C=O) groups is 1. The summed E-state index contributed by atoms with van der Waals surface area (Å²) in [5, 5.41) is 9.45. The standard InChI is InChI=1S/C16H14N2O5/c1-8-13(16(19)20-2)14(10(6-17)15(18)23-8)9-3-4-11-12(5-9)22-7-21-11/h3-5,14H,7,18H2,1-2H3. The predicted octanol–water partition coefficient (Wildman–Crippen LogP) is 1.67. The highest BCUT2D eigenvalue weighted by molar-refractivity contribution is 5.92. The summed E-state index contributed by atoms with van der Waals surface area (Å²) in [6, 6.07) is 7.22. The van der Waals surface area contributed by atoms with E-state index in [9.17, 15) is 10.1 Å². The minimum atomic E-state index is -0.685. The first kappa shape index (κ1) is 14.8. The number of methoxy groups -OCH3 is 1. The Morgan fingerprint density at radius 2 is 2.13 bits per heavy atom. The first-order valence-corrected chi connectivity index (χ1v) is 6.83. The molecule has 0 saturated carbocycles. The molecule has 3 rings (SSSR count). The van der Waals surface area contributed by atoms with Gasteiger partial charge in [0, 0.05) is 0 Å². The molecule has 0 bridgehead atoms. The predicted molar refractivity (Wildman–Crippen MR) is 77.9 cm³/mol. The number of carbonyl (C=O) groups excluding carboxylic acids is 1. The lowest BCUT2D eigenvalue weighted by atomic mass is 9.83. The molecule has 118 valence electrons. The SMILES string of the molecule is COC(=O)C1=C(C)OC(N)=C(C#N)C1c1ccc2c(c1)OCO2. The molecule has 7 nitrogen and oxygen atoms in total. The van der Waals surface area contributed by atoms with Crippen molar-refractivity contribution < 1.29 is 23.7 Å². The molecule has 23 heavy (non-hydrogen) atoms. The molecule has 2 N–H and O–H groups in total. The number of allylic oxidation sites excluding steroid dienone is 2. The minimum absolute atomic E-state index is 0.0275. The van der Waals surface area contributed by atoms with Crippen molar-refractivity contribution >= 4 is 5.97 Å². The first-order chi connectivity index (χ1) is 11.1. The molecular formula is C16H14N2O5. The third kappa shape index (κ3) is 2.34. The van der Waals surface area contributed by atoms with E-state index in [4.69, 9.17) is 24.7 Å². The van der Waals surface area contributed by atoms with Crippen molar-refractivity contribution in [2.45, 2.75) is 12.8 Å². The van der Waals surface area contributed by atoms with E-state index in [0.29, 0.717) is 22.8 Å². The Morgan fingerprint density at radius 3 is 2.83 bits per heavy atom. The largest absolute Gasteiger partial charge is 0.466 e. The lowest BCUT2D eigenvalue weighted by molar-refractivity contribution is -0.136. The van der Waals surface area contributed by atoms with Crippen LogP contribution in [0, 0.1) is 11.3 Å². The van der Waals surface area contributed by atoms with Crippen molar-refractivity contribution in [2.24, 2.45) is 5.73 Å². The van der Waals surface area contributed by atoms with Gasteiger partial charge in [0.2, 0.25) is 12.7 Å². The van der Waals surface area contributed by atoms with E-state index in [-0.39, 0.29) is 23.8 Å². The number of hydrogen-bond acceptors (Lipinski definition) is 7. The average Bonchev–Trinajstić information content (AvgIpc) is 3.01. The monoisotopic (exact) mass is 314 g/mol. The molecule has 0 saturated heterocycles. The summed E-state index contributed by atoms with van der Waals surface area (Å²) in [6.07, 6.45) is 0. The molecule has 1 aromatic rings. The summed E-state index contributed by atoms with van der Waals surface area (Å²) in [6.45, 7) is 1.74. The van der Waals surface area contributed by atoms with Gasteiger partial charge in [0.25, 0.3) is 0 Å². The number of fused-ring (bicyclic) bond motifs is 1. The Balaban J connectivity index is 2.16. The van der Waals surface area contributed by atoms with Crippen LogP contribution >= 0.6 is 0 Å². The van der Waals surface area contributed by atoms with Crippen LogP contribution in [0.3, 0.4) is 0 Å². The van der Waals surface area contributed by atoms with Crippen LogP contribution in [0.15, 0.2) is 41.0 Å². The summed E-state index contributed by atoms with van der Waals surface area (Å²) in [5.74, 6) is 0.167. The van der Waals surface area contributed by atoms with E-state index in [0.717, 1.165) is 0 Å². The van der Waals surface area contributed by atoms with Crippen LogP contribution in [0.25, 0.3) is 0 Å². The number of nitrogens with two attached hydrogens (primary N) is 1. The molecule has 1 atom stereocenters. The maximum atomic E-state index is 12.2. The van der Waals surface area contributed by atoms with Gasteiger partial charge in [-0.25, -0.2) is 4.79 Å². The second-order valence-corrected chi connectivity index (χ2v) is 5.00. The van der Waals surface area contributed by atoms with Gasteiger partial charge in [-0.05, 0) is 24.6 Å². The molecular weight excluding hydrogens is 300 g/mol.